The van der Waals surface area contributed by atoms with Crippen molar-refractivity contribution in [3.63, 3.8) is 0 Å². The molecule has 0 aliphatic rings. The van der Waals surface area contributed by atoms with E-state index >= 15 is 0 Å². The minimum absolute atomic E-state index is 0. The molecule has 0 fully saturated rings. The Kier molecular flexibility index (Phi) is 21.0. The number of hydrogen-bond donors (Lipinski definition) is 0. The third-order valence-electron chi connectivity index (χ3n) is 0. The van der Waals surface area contributed by atoms with Crippen LogP contribution in [-0.2, 0) is 40.0 Å². The van der Waals surface area contributed by atoms with Crippen molar-refractivity contribution in [1.82, 2.24) is 0 Å². The van der Waals surface area contributed by atoms with Crippen molar-refractivity contribution in [3.05, 3.63) is 0 Å². The maximum absolute atomic E-state index is 4.79. The first-order chi connectivity index (χ1) is 1.41. The zero-order valence-corrected chi connectivity index (χ0v) is 5.84. The third kappa shape index (κ3) is 8.96. The van der Waals surface area contributed by atoms with Crippen LogP contribution < -0.4 is 0 Å². The first kappa shape index (κ1) is 9.41. The van der Waals surface area contributed by atoms with Gasteiger partial charge in [-0.15, -0.1) is 0 Å². The molecule has 0 aliphatic carbocycles. The number of rotatable bonds is 0. The molecule has 0 spiro atoms. The van der Waals surface area contributed by atoms with Gasteiger partial charge in [0.25, 0.3) is 0 Å². The van der Waals surface area contributed by atoms with Crippen LogP contribution in [0.3, 0.4) is 0 Å². The SMILES string of the molecule is [Ag].[Cl][Ag][Cl]. The molecule has 4 heavy (non-hydrogen) atoms. The van der Waals surface area contributed by atoms with Crippen molar-refractivity contribution in [2.45, 2.75) is 0 Å². The second kappa shape index (κ2) is 8.91. The van der Waals surface area contributed by atoms with E-state index in [1.165, 1.54) is 0 Å². The van der Waals surface area contributed by atoms with Crippen LogP contribution in [0.2, 0.25) is 0 Å². The first-order valence-corrected chi connectivity index (χ1v) is 4.05. The third-order valence-corrected chi connectivity index (χ3v) is 0. The van der Waals surface area contributed by atoms with E-state index in [0.29, 0.717) is 0 Å². The predicted octanol–water partition coefficient (Wildman–Crippen LogP) is 1.37. The number of halogens is 2. The van der Waals surface area contributed by atoms with Gasteiger partial charge >= 0.3 is 36.0 Å². The van der Waals surface area contributed by atoms with Gasteiger partial charge in [0.1, 0.15) is 0 Å². The Morgan fingerprint density at radius 3 is 1.25 bits per heavy atom. The molecule has 0 atom stereocenters. The summed E-state index contributed by atoms with van der Waals surface area (Å²) in [6.45, 7) is 0. The summed E-state index contributed by atoms with van der Waals surface area (Å²) >= 11 is 0.0144. The summed E-state index contributed by atoms with van der Waals surface area (Å²) in [7, 11) is 9.59. The molecule has 0 rings (SSSR count). The topological polar surface area (TPSA) is 0 Å². The Bertz CT molecular complexity index is 4.00. The fourth-order valence-electron chi connectivity index (χ4n) is 0. The van der Waals surface area contributed by atoms with Crippen LogP contribution in [0, 0.1) is 0 Å². The average molecular weight is 287 g/mol. The fourth-order valence-corrected chi connectivity index (χ4v) is 0. The summed E-state index contributed by atoms with van der Waals surface area (Å²) in [5.74, 6) is 0. The standard InChI is InChI=1S/2Ag.2ClH/h;;2*1H/q;+2;;/p-2. The molecule has 0 aromatic carbocycles. The summed E-state index contributed by atoms with van der Waals surface area (Å²) in [5, 5.41) is 0. The molecule has 0 bridgehead atoms. The fraction of sp³-hybridized carbons (Fsp3) is 0. The van der Waals surface area contributed by atoms with E-state index in [4.69, 9.17) is 18.4 Å². The van der Waals surface area contributed by atoms with Crippen molar-refractivity contribution < 1.29 is 40.0 Å². The van der Waals surface area contributed by atoms with Crippen molar-refractivity contribution in [2.75, 3.05) is 0 Å². The van der Waals surface area contributed by atoms with E-state index < -0.39 is 0 Å². The second-order valence-electron chi connectivity index (χ2n) is 0.0431. The van der Waals surface area contributed by atoms with E-state index in [1.807, 2.05) is 0 Å². The molecule has 1 radical (unpaired) electrons. The summed E-state index contributed by atoms with van der Waals surface area (Å²) in [6, 6.07) is 0. The zero-order valence-electron chi connectivity index (χ0n) is 1.36. The molecule has 0 saturated carbocycles. The molecule has 0 saturated heterocycles. The van der Waals surface area contributed by atoms with Gasteiger partial charge in [-0.25, -0.2) is 0 Å². The van der Waals surface area contributed by atoms with Crippen LogP contribution >= 0.6 is 18.4 Å². The normalized spacial score (nSPS) is 5.50. The Labute approximate surface area is 57.7 Å². The number of hydrogen-bond acceptors (Lipinski definition) is 0. The van der Waals surface area contributed by atoms with E-state index in [9.17, 15) is 0 Å². The van der Waals surface area contributed by atoms with E-state index in [0.717, 1.165) is 0 Å². The molecule has 0 aromatic heterocycles. The van der Waals surface area contributed by atoms with Crippen LogP contribution in [0.4, 0.5) is 0 Å². The first-order valence-electron chi connectivity index (χ1n) is 0.228. The van der Waals surface area contributed by atoms with Crippen LogP contribution in [0.25, 0.3) is 0 Å². The maximum atomic E-state index is 4.79. The zero-order chi connectivity index (χ0) is 2.71. The quantitative estimate of drug-likeness (QED) is 0.590. The Morgan fingerprint density at radius 1 is 1.25 bits per heavy atom. The molecule has 4 heteroatoms. The summed E-state index contributed by atoms with van der Waals surface area (Å²) in [6.07, 6.45) is 0. The van der Waals surface area contributed by atoms with Gasteiger partial charge in [0.2, 0.25) is 0 Å². The Balaban J connectivity index is 0. The molecular formula is Ag2Cl2. The monoisotopic (exact) mass is 284 g/mol. The van der Waals surface area contributed by atoms with Gasteiger partial charge in [-0.05, 0) is 0 Å². The van der Waals surface area contributed by atoms with Crippen molar-refractivity contribution in [2.24, 2.45) is 0 Å². The molecule has 0 nitrogen and oxygen atoms in total. The van der Waals surface area contributed by atoms with Crippen LogP contribution in [0.5, 0.6) is 0 Å². The second-order valence-corrected chi connectivity index (χ2v) is 2.29. The van der Waals surface area contributed by atoms with Gasteiger partial charge in [0.15, 0.2) is 0 Å². The van der Waals surface area contributed by atoms with Gasteiger partial charge in [-0.1, -0.05) is 0 Å². The summed E-state index contributed by atoms with van der Waals surface area (Å²) in [5.41, 5.74) is 0. The predicted molar refractivity (Wildman–Crippen MR) is 11.7 cm³/mol. The van der Waals surface area contributed by atoms with Crippen LogP contribution in [-0.4, -0.2) is 0 Å². The van der Waals surface area contributed by atoms with E-state index in [1.54, 1.807) is 0 Å². The van der Waals surface area contributed by atoms with E-state index in [-0.39, 0.29) is 40.0 Å². The minimum atomic E-state index is 0. The Morgan fingerprint density at radius 2 is 1.25 bits per heavy atom. The molecule has 0 unspecified atom stereocenters. The average Bonchev–Trinajstić information content (AvgIpc) is 0.918. The molecule has 0 heterocycles. The summed E-state index contributed by atoms with van der Waals surface area (Å²) in [4.78, 5) is 0. The van der Waals surface area contributed by atoms with Crippen LogP contribution in [0.1, 0.15) is 0 Å². The van der Waals surface area contributed by atoms with E-state index in [2.05, 4.69) is 0 Å². The van der Waals surface area contributed by atoms with Crippen molar-refractivity contribution in [3.8, 4) is 0 Å². The molecular weight excluding hydrogens is 287 g/mol. The van der Waals surface area contributed by atoms with Crippen molar-refractivity contribution >= 4 is 18.4 Å². The summed E-state index contributed by atoms with van der Waals surface area (Å²) < 4.78 is 0. The van der Waals surface area contributed by atoms with Crippen LogP contribution in [0.15, 0.2) is 0 Å². The van der Waals surface area contributed by atoms with Crippen molar-refractivity contribution in [1.29, 1.82) is 0 Å². The molecule has 0 amide bonds. The molecule has 0 aromatic rings. The van der Waals surface area contributed by atoms with Gasteiger partial charge in [-0.3, -0.25) is 0 Å². The van der Waals surface area contributed by atoms with Gasteiger partial charge < -0.3 is 0 Å². The van der Waals surface area contributed by atoms with Gasteiger partial charge in [-0.2, -0.15) is 0 Å². The Hall–Kier alpha value is 2.06. The molecule has 0 aliphatic heterocycles. The van der Waals surface area contributed by atoms with Gasteiger partial charge in [0.05, 0.1) is 0 Å². The molecule has 0 N–H and O–H groups in total. The molecule has 36 valence electrons. The van der Waals surface area contributed by atoms with Gasteiger partial charge in [0, 0.05) is 22.4 Å².